The molecule has 1 aromatic heterocycles. The third-order valence-corrected chi connectivity index (χ3v) is 4.36. The first kappa shape index (κ1) is 18.9. The summed E-state index contributed by atoms with van der Waals surface area (Å²) in [4.78, 5) is 27.7. The fraction of sp³-hybridized carbons (Fsp3) is 0.706. The minimum atomic E-state index is 0.131. The molecule has 7 heteroatoms. The smallest absolute Gasteiger partial charge is 0.223 e. The van der Waals surface area contributed by atoms with Gasteiger partial charge in [-0.15, -0.1) is 11.6 Å². The van der Waals surface area contributed by atoms with Crippen LogP contribution in [0.2, 0.25) is 0 Å². The molecule has 0 radical (unpaired) electrons. The van der Waals surface area contributed by atoms with E-state index in [9.17, 15) is 4.79 Å². The lowest BCUT2D eigenvalue weighted by Gasteiger charge is -2.32. The van der Waals surface area contributed by atoms with Crippen LogP contribution in [0.4, 0.5) is 5.82 Å². The fourth-order valence-corrected chi connectivity index (χ4v) is 3.13. The van der Waals surface area contributed by atoms with Gasteiger partial charge < -0.3 is 14.7 Å². The number of piperidine rings is 1. The van der Waals surface area contributed by atoms with Crippen molar-refractivity contribution in [1.82, 2.24) is 19.8 Å². The highest BCUT2D eigenvalue weighted by atomic mass is 35.5. The Bertz CT molecular complexity index is 564. The van der Waals surface area contributed by atoms with E-state index in [1.807, 2.05) is 44.1 Å². The van der Waals surface area contributed by atoms with Crippen molar-refractivity contribution in [2.45, 2.75) is 31.7 Å². The summed E-state index contributed by atoms with van der Waals surface area (Å²) in [6, 6.07) is 2.03. The van der Waals surface area contributed by atoms with Crippen molar-refractivity contribution in [2.75, 3.05) is 52.1 Å². The summed E-state index contributed by atoms with van der Waals surface area (Å²) >= 11 is 5.71. The van der Waals surface area contributed by atoms with Gasteiger partial charge in [-0.3, -0.25) is 4.79 Å². The van der Waals surface area contributed by atoms with Crippen LogP contribution in [-0.4, -0.2) is 72.8 Å². The zero-order chi connectivity index (χ0) is 17.7. The Labute approximate surface area is 149 Å². The van der Waals surface area contributed by atoms with Gasteiger partial charge in [-0.25, -0.2) is 9.97 Å². The molecule has 1 aliphatic heterocycles. The minimum Gasteiger partial charge on any atom is -0.363 e. The molecule has 1 saturated heterocycles. The first-order valence-corrected chi connectivity index (χ1v) is 8.97. The number of anilines is 1. The summed E-state index contributed by atoms with van der Waals surface area (Å²) in [5.74, 6) is 2.47. The Morgan fingerprint density at radius 3 is 2.71 bits per heavy atom. The van der Waals surface area contributed by atoms with E-state index < -0.39 is 0 Å². The molecular formula is C17H28ClN5O. The van der Waals surface area contributed by atoms with Crippen LogP contribution in [0.5, 0.6) is 0 Å². The molecule has 0 saturated carbocycles. The maximum atomic E-state index is 12.1. The molecule has 0 spiro atoms. The third kappa shape index (κ3) is 5.05. The normalized spacial score (nSPS) is 18.1. The summed E-state index contributed by atoms with van der Waals surface area (Å²) < 4.78 is 0. The van der Waals surface area contributed by atoms with E-state index in [4.69, 9.17) is 21.6 Å². The topological polar surface area (TPSA) is 52.6 Å². The van der Waals surface area contributed by atoms with Crippen LogP contribution in [-0.2, 0) is 11.3 Å². The van der Waals surface area contributed by atoms with Crippen LogP contribution in [0.1, 0.15) is 36.7 Å². The van der Waals surface area contributed by atoms with Crippen LogP contribution in [0.15, 0.2) is 6.07 Å². The van der Waals surface area contributed by atoms with Crippen molar-refractivity contribution in [2.24, 2.45) is 0 Å². The average Bonchev–Trinajstić information content (AvgIpc) is 2.54. The SMILES string of the molecule is CN(C)Cc1cc(N(C)C)nc(C2CCCN(C(=O)CCCl)C2)n1. The highest BCUT2D eigenvalue weighted by Gasteiger charge is 2.27. The first-order chi connectivity index (χ1) is 11.4. The van der Waals surface area contributed by atoms with Crippen LogP contribution in [0.3, 0.4) is 0 Å². The summed E-state index contributed by atoms with van der Waals surface area (Å²) in [6.07, 6.45) is 2.40. The fourth-order valence-electron chi connectivity index (χ4n) is 2.97. The largest absolute Gasteiger partial charge is 0.363 e. The minimum absolute atomic E-state index is 0.131. The molecular weight excluding hydrogens is 326 g/mol. The van der Waals surface area contributed by atoms with E-state index in [1.165, 1.54) is 0 Å². The molecule has 24 heavy (non-hydrogen) atoms. The maximum Gasteiger partial charge on any atom is 0.223 e. The van der Waals surface area contributed by atoms with E-state index in [0.29, 0.717) is 18.8 Å². The van der Waals surface area contributed by atoms with Crippen LogP contribution in [0, 0.1) is 0 Å². The summed E-state index contributed by atoms with van der Waals surface area (Å²) in [7, 11) is 8.04. The molecule has 1 aromatic rings. The number of aromatic nitrogens is 2. The first-order valence-electron chi connectivity index (χ1n) is 8.44. The highest BCUT2D eigenvalue weighted by Crippen LogP contribution is 2.26. The van der Waals surface area contributed by atoms with Gasteiger partial charge in [-0.2, -0.15) is 0 Å². The lowest BCUT2D eigenvalue weighted by atomic mass is 9.96. The third-order valence-electron chi connectivity index (χ3n) is 4.17. The highest BCUT2D eigenvalue weighted by molar-refractivity contribution is 6.18. The van der Waals surface area contributed by atoms with Crippen LogP contribution >= 0.6 is 11.6 Å². The molecule has 1 unspecified atom stereocenters. The van der Waals surface area contributed by atoms with Crippen LogP contribution in [0.25, 0.3) is 0 Å². The van der Waals surface area contributed by atoms with Gasteiger partial charge in [-0.1, -0.05) is 0 Å². The Morgan fingerprint density at radius 1 is 1.33 bits per heavy atom. The van der Waals surface area contributed by atoms with Crippen molar-refractivity contribution in [1.29, 1.82) is 0 Å². The molecule has 6 nitrogen and oxygen atoms in total. The number of likely N-dealkylation sites (tertiary alicyclic amines) is 1. The molecule has 1 atom stereocenters. The van der Waals surface area contributed by atoms with Crippen molar-refractivity contribution in [3.8, 4) is 0 Å². The molecule has 0 aliphatic carbocycles. The van der Waals surface area contributed by atoms with Crippen molar-refractivity contribution in [3.63, 3.8) is 0 Å². The van der Waals surface area contributed by atoms with Crippen molar-refractivity contribution >= 4 is 23.3 Å². The number of hydrogen-bond acceptors (Lipinski definition) is 5. The van der Waals surface area contributed by atoms with Gasteiger partial charge in [0.05, 0.1) is 5.69 Å². The van der Waals surface area contributed by atoms with Gasteiger partial charge in [0, 0.05) is 58.0 Å². The van der Waals surface area contributed by atoms with Gasteiger partial charge in [-0.05, 0) is 26.9 Å². The maximum absolute atomic E-state index is 12.1. The lowest BCUT2D eigenvalue weighted by Crippen LogP contribution is -2.39. The van der Waals surface area contributed by atoms with E-state index in [-0.39, 0.29) is 11.8 Å². The van der Waals surface area contributed by atoms with Gasteiger partial charge >= 0.3 is 0 Å². The van der Waals surface area contributed by atoms with Crippen LogP contribution < -0.4 is 4.90 Å². The monoisotopic (exact) mass is 353 g/mol. The second-order valence-corrected chi connectivity index (χ2v) is 7.20. The molecule has 0 aromatic carbocycles. The standard InChI is InChI=1S/C17H28ClN5O/c1-21(2)12-14-10-15(22(3)4)20-17(19-14)13-6-5-9-23(11-13)16(24)7-8-18/h10,13H,5-9,11-12H2,1-4H3. The zero-order valence-corrected chi connectivity index (χ0v) is 15.9. The number of nitrogens with zero attached hydrogens (tertiary/aromatic N) is 5. The van der Waals surface area contributed by atoms with Gasteiger partial charge in [0.15, 0.2) is 0 Å². The number of rotatable bonds is 6. The number of hydrogen-bond donors (Lipinski definition) is 0. The number of carbonyl (C=O) groups is 1. The Kier molecular flexibility index (Phi) is 6.80. The van der Waals surface area contributed by atoms with Crippen molar-refractivity contribution < 1.29 is 4.79 Å². The second kappa shape index (κ2) is 8.62. The predicted octanol–water partition coefficient (Wildman–Crippen LogP) is 1.94. The van der Waals surface area contributed by atoms with E-state index in [0.717, 1.165) is 43.3 Å². The number of alkyl halides is 1. The molecule has 1 amide bonds. The quantitative estimate of drug-likeness (QED) is 0.731. The Morgan fingerprint density at radius 2 is 2.08 bits per heavy atom. The van der Waals surface area contributed by atoms with Gasteiger partial charge in [0.25, 0.3) is 0 Å². The van der Waals surface area contributed by atoms with Crippen molar-refractivity contribution in [3.05, 3.63) is 17.6 Å². The van der Waals surface area contributed by atoms with E-state index >= 15 is 0 Å². The lowest BCUT2D eigenvalue weighted by molar-refractivity contribution is -0.132. The molecule has 2 heterocycles. The molecule has 1 aliphatic rings. The van der Waals surface area contributed by atoms with Gasteiger partial charge in [0.2, 0.25) is 5.91 Å². The molecule has 1 fully saturated rings. The summed E-state index contributed by atoms with van der Waals surface area (Å²) in [6.45, 7) is 2.27. The summed E-state index contributed by atoms with van der Waals surface area (Å²) in [5.41, 5.74) is 1.01. The van der Waals surface area contributed by atoms with Gasteiger partial charge in [0.1, 0.15) is 11.6 Å². The summed E-state index contributed by atoms with van der Waals surface area (Å²) in [5, 5.41) is 0. The van der Waals surface area contributed by atoms with E-state index in [2.05, 4.69) is 4.90 Å². The Hall–Kier alpha value is -1.40. The predicted molar refractivity (Wildman–Crippen MR) is 97.6 cm³/mol. The van der Waals surface area contributed by atoms with E-state index in [1.54, 1.807) is 0 Å². The number of amides is 1. The Balaban J connectivity index is 2.22. The second-order valence-electron chi connectivity index (χ2n) is 6.83. The molecule has 134 valence electrons. The molecule has 2 rings (SSSR count). The average molecular weight is 354 g/mol. The zero-order valence-electron chi connectivity index (χ0n) is 15.1. The number of halogens is 1. The number of carbonyl (C=O) groups excluding carboxylic acids is 1. The molecule has 0 N–H and O–H groups in total. The molecule has 0 bridgehead atoms.